The summed E-state index contributed by atoms with van der Waals surface area (Å²) in [6.07, 6.45) is 3.95. The topological polar surface area (TPSA) is 55.3 Å². The van der Waals surface area contributed by atoms with Crippen LogP contribution in [0.1, 0.15) is 5.56 Å². The first kappa shape index (κ1) is 15.7. The van der Waals surface area contributed by atoms with Gasteiger partial charge >= 0.3 is 6.03 Å². The second-order valence-electron chi connectivity index (χ2n) is 5.29. The summed E-state index contributed by atoms with van der Waals surface area (Å²) in [7, 11) is 1.63. The number of benzene rings is 2. The molecule has 122 valence electrons. The first-order valence-corrected chi connectivity index (χ1v) is 7.66. The van der Waals surface area contributed by atoms with E-state index in [-0.39, 0.29) is 6.03 Å². The van der Waals surface area contributed by atoms with Crippen LogP contribution in [0.2, 0.25) is 0 Å². The van der Waals surface area contributed by atoms with Crippen molar-refractivity contribution in [3.8, 4) is 11.4 Å². The SMILES string of the molecule is COc1ccc(CNC(=O)Nc2ccc(-n3cccc3)cc2)cc1. The highest BCUT2D eigenvalue weighted by molar-refractivity contribution is 5.89. The molecule has 0 saturated carbocycles. The van der Waals surface area contributed by atoms with Crippen molar-refractivity contribution in [1.29, 1.82) is 0 Å². The molecular formula is C19H19N3O2. The van der Waals surface area contributed by atoms with E-state index >= 15 is 0 Å². The highest BCUT2D eigenvalue weighted by Gasteiger charge is 2.03. The summed E-state index contributed by atoms with van der Waals surface area (Å²) in [5.41, 5.74) is 2.80. The van der Waals surface area contributed by atoms with E-state index in [1.54, 1.807) is 7.11 Å². The number of urea groups is 1. The van der Waals surface area contributed by atoms with Crippen molar-refractivity contribution in [2.45, 2.75) is 6.54 Å². The molecule has 2 amide bonds. The predicted molar refractivity (Wildman–Crippen MR) is 94.6 cm³/mol. The maximum absolute atomic E-state index is 12.0. The van der Waals surface area contributed by atoms with Gasteiger partial charge < -0.3 is 19.9 Å². The van der Waals surface area contributed by atoms with Crippen molar-refractivity contribution in [2.75, 3.05) is 12.4 Å². The Morgan fingerprint density at radius 2 is 1.67 bits per heavy atom. The number of methoxy groups -OCH3 is 1. The average Bonchev–Trinajstić information content (AvgIpc) is 3.16. The molecule has 5 heteroatoms. The van der Waals surface area contributed by atoms with Crippen LogP contribution >= 0.6 is 0 Å². The van der Waals surface area contributed by atoms with Gasteiger partial charge in [0.05, 0.1) is 7.11 Å². The van der Waals surface area contributed by atoms with Crippen LogP contribution < -0.4 is 15.4 Å². The number of aromatic nitrogens is 1. The van der Waals surface area contributed by atoms with Crippen molar-refractivity contribution in [3.05, 3.63) is 78.6 Å². The number of carbonyl (C=O) groups is 1. The van der Waals surface area contributed by atoms with Gasteiger partial charge in [-0.15, -0.1) is 0 Å². The number of rotatable bonds is 5. The zero-order chi connectivity index (χ0) is 16.8. The minimum Gasteiger partial charge on any atom is -0.497 e. The molecule has 0 bridgehead atoms. The highest BCUT2D eigenvalue weighted by Crippen LogP contribution is 2.14. The third-order valence-corrected chi connectivity index (χ3v) is 3.64. The van der Waals surface area contributed by atoms with Crippen LogP contribution in [0, 0.1) is 0 Å². The zero-order valence-electron chi connectivity index (χ0n) is 13.4. The number of hydrogen-bond acceptors (Lipinski definition) is 2. The Bertz CT molecular complexity index is 778. The Morgan fingerprint density at radius 1 is 1.00 bits per heavy atom. The lowest BCUT2D eigenvalue weighted by Gasteiger charge is -2.09. The molecular weight excluding hydrogens is 302 g/mol. The molecule has 0 spiro atoms. The summed E-state index contributed by atoms with van der Waals surface area (Å²) >= 11 is 0. The fourth-order valence-corrected chi connectivity index (χ4v) is 2.32. The van der Waals surface area contributed by atoms with E-state index in [1.807, 2.05) is 77.6 Å². The molecule has 3 aromatic rings. The fraction of sp³-hybridized carbons (Fsp3) is 0.105. The number of nitrogens with one attached hydrogen (secondary N) is 2. The summed E-state index contributed by atoms with van der Waals surface area (Å²) in [4.78, 5) is 12.0. The van der Waals surface area contributed by atoms with Gasteiger partial charge in [-0.05, 0) is 54.1 Å². The molecule has 2 N–H and O–H groups in total. The van der Waals surface area contributed by atoms with Gasteiger partial charge in [-0.3, -0.25) is 0 Å². The second kappa shape index (κ2) is 7.37. The Balaban J connectivity index is 1.52. The van der Waals surface area contributed by atoms with Crippen molar-refractivity contribution in [3.63, 3.8) is 0 Å². The maximum Gasteiger partial charge on any atom is 0.319 e. The molecule has 0 saturated heterocycles. The average molecular weight is 321 g/mol. The summed E-state index contributed by atoms with van der Waals surface area (Å²) in [5, 5.41) is 5.65. The van der Waals surface area contributed by atoms with Gasteiger partial charge in [-0.2, -0.15) is 0 Å². The van der Waals surface area contributed by atoms with E-state index < -0.39 is 0 Å². The normalized spacial score (nSPS) is 10.2. The van der Waals surface area contributed by atoms with Crippen LogP contribution in [0.3, 0.4) is 0 Å². The standard InChI is InChI=1S/C19H19N3O2/c1-24-18-10-4-15(5-11-18)14-20-19(23)21-16-6-8-17(9-7-16)22-12-2-3-13-22/h2-13H,14H2,1H3,(H2,20,21,23). The van der Waals surface area contributed by atoms with Crippen LogP contribution in [0.15, 0.2) is 73.1 Å². The van der Waals surface area contributed by atoms with Crippen LogP contribution in [-0.4, -0.2) is 17.7 Å². The van der Waals surface area contributed by atoms with E-state index in [0.717, 1.165) is 22.7 Å². The first-order valence-electron chi connectivity index (χ1n) is 7.66. The molecule has 5 nitrogen and oxygen atoms in total. The molecule has 0 aliphatic carbocycles. The Hall–Kier alpha value is -3.21. The Kier molecular flexibility index (Phi) is 4.81. The molecule has 2 aromatic carbocycles. The summed E-state index contributed by atoms with van der Waals surface area (Å²) in [5.74, 6) is 0.797. The number of ether oxygens (including phenoxy) is 1. The molecule has 0 unspecified atom stereocenters. The van der Waals surface area contributed by atoms with Gasteiger partial charge in [0.15, 0.2) is 0 Å². The van der Waals surface area contributed by atoms with Crippen LogP contribution in [0.25, 0.3) is 5.69 Å². The lowest BCUT2D eigenvalue weighted by atomic mass is 10.2. The molecule has 1 heterocycles. The monoisotopic (exact) mass is 321 g/mol. The Morgan fingerprint density at radius 3 is 2.29 bits per heavy atom. The maximum atomic E-state index is 12.0. The molecule has 3 rings (SSSR count). The lowest BCUT2D eigenvalue weighted by molar-refractivity contribution is 0.251. The molecule has 0 radical (unpaired) electrons. The van der Waals surface area contributed by atoms with Crippen LogP contribution in [-0.2, 0) is 6.54 Å². The largest absolute Gasteiger partial charge is 0.497 e. The summed E-state index contributed by atoms with van der Waals surface area (Å²) < 4.78 is 7.12. The van der Waals surface area contributed by atoms with E-state index in [2.05, 4.69) is 10.6 Å². The van der Waals surface area contributed by atoms with E-state index in [9.17, 15) is 4.79 Å². The van der Waals surface area contributed by atoms with E-state index in [0.29, 0.717) is 6.54 Å². The second-order valence-corrected chi connectivity index (χ2v) is 5.29. The molecule has 0 fully saturated rings. The molecule has 0 atom stereocenters. The van der Waals surface area contributed by atoms with Gasteiger partial charge in [0.2, 0.25) is 0 Å². The van der Waals surface area contributed by atoms with Crippen molar-refractivity contribution < 1.29 is 9.53 Å². The fourth-order valence-electron chi connectivity index (χ4n) is 2.32. The number of hydrogen-bond donors (Lipinski definition) is 2. The van der Waals surface area contributed by atoms with E-state index in [1.165, 1.54) is 0 Å². The lowest BCUT2D eigenvalue weighted by Crippen LogP contribution is -2.28. The zero-order valence-corrected chi connectivity index (χ0v) is 13.4. The summed E-state index contributed by atoms with van der Waals surface area (Å²) in [6.45, 7) is 0.456. The third kappa shape index (κ3) is 3.95. The summed E-state index contributed by atoms with van der Waals surface area (Å²) in [6, 6.07) is 19.0. The van der Waals surface area contributed by atoms with Gasteiger partial charge in [-0.25, -0.2) is 4.79 Å². The van der Waals surface area contributed by atoms with Gasteiger partial charge in [0, 0.05) is 30.3 Å². The quantitative estimate of drug-likeness (QED) is 0.751. The smallest absolute Gasteiger partial charge is 0.319 e. The number of anilines is 1. The van der Waals surface area contributed by atoms with Gasteiger partial charge in [0.25, 0.3) is 0 Å². The number of nitrogens with zero attached hydrogens (tertiary/aromatic N) is 1. The third-order valence-electron chi connectivity index (χ3n) is 3.64. The molecule has 1 aromatic heterocycles. The molecule has 24 heavy (non-hydrogen) atoms. The predicted octanol–water partition coefficient (Wildman–Crippen LogP) is 3.81. The Labute approximate surface area is 140 Å². The number of amides is 2. The minimum absolute atomic E-state index is 0.237. The van der Waals surface area contributed by atoms with Crippen LogP contribution in [0.4, 0.5) is 10.5 Å². The van der Waals surface area contributed by atoms with Crippen molar-refractivity contribution in [1.82, 2.24) is 9.88 Å². The van der Waals surface area contributed by atoms with E-state index in [4.69, 9.17) is 4.74 Å². The highest BCUT2D eigenvalue weighted by atomic mass is 16.5. The van der Waals surface area contributed by atoms with Crippen molar-refractivity contribution in [2.24, 2.45) is 0 Å². The van der Waals surface area contributed by atoms with Gasteiger partial charge in [-0.1, -0.05) is 12.1 Å². The molecule has 0 aliphatic heterocycles. The van der Waals surface area contributed by atoms with Crippen LogP contribution in [0.5, 0.6) is 5.75 Å². The van der Waals surface area contributed by atoms with Crippen molar-refractivity contribution >= 4 is 11.7 Å². The minimum atomic E-state index is -0.237. The molecule has 0 aliphatic rings. The number of carbonyl (C=O) groups excluding carboxylic acids is 1. The first-order chi connectivity index (χ1) is 11.7. The van der Waals surface area contributed by atoms with Gasteiger partial charge in [0.1, 0.15) is 5.75 Å².